The van der Waals surface area contributed by atoms with E-state index in [0.29, 0.717) is 27.0 Å². The minimum atomic E-state index is -0.355. The van der Waals surface area contributed by atoms with E-state index in [9.17, 15) is 14.3 Å². The number of amides is 1. The van der Waals surface area contributed by atoms with Crippen LogP contribution in [-0.2, 0) is 11.3 Å². The Kier molecular flexibility index (Phi) is 6.98. The number of thioether (sulfide) groups is 1. The van der Waals surface area contributed by atoms with Crippen molar-refractivity contribution in [2.75, 3.05) is 14.2 Å². The minimum Gasteiger partial charge on any atom is -0.502 e. The third kappa shape index (κ3) is 5.12. The highest BCUT2D eigenvalue weighted by Gasteiger charge is 2.34. The lowest BCUT2D eigenvalue weighted by Gasteiger charge is -2.12. The molecule has 1 aliphatic rings. The number of hydrogen-bond donors (Lipinski definition) is 1. The maximum absolute atomic E-state index is 13.2. The largest absolute Gasteiger partial charge is 0.502 e. The lowest BCUT2D eigenvalue weighted by molar-refractivity contribution is -0.122. The molecule has 2 heterocycles. The van der Waals surface area contributed by atoms with Gasteiger partial charge in [0.15, 0.2) is 16.7 Å². The molecule has 2 aromatic carbocycles. The molecule has 1 amide bonds. The van der Waals surface area contributed by atoms with E-state index in [1.165, 1.54) is 43.7 Å². The topological polar surface area (TPSA) is 96.9 Å². The second kappa shape index (κ2) is 10.3. The molecule has 0 bridgehead atoms. The summed E-state index contributed by atoms with van der Waals surface area (Å²) in [6.07, 6.45) is 4.65. The Labute approximate surface area is 199 Å². The van der Waals surface area contributed by atoms with Crippen molar-refractivity contribution < 1.29 is 28.2 Å². The molecule has 0 saturated carbocycles. The molecule has 1 N–H and O–H groups in total. The lowest BCUT2D eigenvalue weighted by atomic mass is 10.2. The number of halogens is 1. The van der Waals surface area contributed by atoms with Crippen LogP contribution in [0.4, 0.5) is 4.39 Å². The molecule has 34 heavy (non-hydrogen) atoms. The molecule has 3 aromatic rings. The van der Waals surface area contributed by atoms with Gasteiger partial charge in [0.2, 0.25) is 5.75 Å². The van der Waals surface area contributed by atoms with Crippen LogP contribution in [0.2, 0.25) is 0 Å². The van der Waals surface area contributed by atoms with Crippen LogP contribution in [0.25, 0.3) is 6.08 Å². The van der Waals surface area contributed by atoms with Gasteiger partial charge in [0, 0.05) is 5.56 Å². The summed E-state index contributed by atoms with van der Waals surface area (Å²) in [4.78, 5) is 14.9. The van der Waals surface area contributed by atoms with Gasteiger partial charge in [-0.05, 0) is 59.8 Å². The molecule has 0 unspecified atom stereocenters. The summed E-state index contributed by atoms with van der Waals surface area (Å²) in [7, 11) is 2.86. The van der Waals surface area contributed by atoms with E-state index in [4.69, 9.17) is 13.9 Å². The van der Waals surface area contributed by atoms with E-state index >= 15 is 0 Å². The minimum absolute atomic E-state index is 0.120. The average Bonchev–Trinajstić information content (AvgIpc) is 3.45. The van der Waals surface area contributed by atoms with Crippen LogP contribution in [0.1, 0.15) is 16.9 Å². The summed E-state index contributed by atoms with van der Waals surface area (Å²) in [6, 6.07) is 12.5. The van der Waals surface area contributed by atoms with Gasteiger partial charge >= 0.3 is 0 Å². The quantitative estimate of drug-likeness (QED) is 0.300. The summed E-state index contributed by atoms with van der Waals surface area (Å²) >= 11 is 1.15. The molecule has 0 spiro atoms. The van der Waals surface area contributed by atoms with Gasteiger partial charge in [-0.2, -0.15) is 5.10 Å². The number of carbonyl (C=O) groups excluding carboxylic acids is 1. The van der Waals surface area contributed by atoms with Gasteiger partial charge in [-0.3, -0.25) is 9.69 Å². The zero-order valence-corrected chi connectivity index (χ0v) is 19.1. The molecule has 0 atom stereocenters. The van der Waals surface area contributed by atoms with E-state index in [1.54, 1.807) is 42.5 Å². The fourth-order valence-electron chi connectivity index (χ4n) is 3.12. The SMILES string of the molecule is COc1cc(/C=N\N=C2\S/C(=C\c3ccc(F)cc3)C(=O)N2Cc2ccco2)cc(OC)c1O. The van der Waals surface area contributed by atoms with Crippen molar-refractivity contribution in [3.63, 3.8) is 0 Å². The Bertz CT molecular complexity index is 1250. The fourth-order valence-corrected chi connectivity index (χ4v) is 4.06. The summed E-state index contributed by atoms with van der Waals surface area (Å²) in [5.74, 6) is 0.289. The molecule has 174 valence electrons. The van der Waals surface area contributed by atoms with Crippen LogP contribution in [0.15, 0.2) is 74.3 Å². The van der Waals surface area contributed by atoms with E-state index in [-0.39, 0.29) is 35.5 Å². The predicted molar refractivity (Wildman–Crippen MR) is 127 cm³/mol. The molecular formula is C24H20FN3O5S. The third-order valence-electron chi connectivity index (χ3n) is 4.80. The summed E-state index contributed by atoms with van der Waals surface area (Å²) in [6.45, 7) is 0.175. The molecule has 4 rings (SSSR count). The van der Waals surface area contributed by atoms with Gasteiger partial charge in [-0.15, -0.1) is 5.10 Å². The first kappa shape index (κ1) is 23.1. The van der Waals surface area contributed by atoms with E-state index in [2.05, 4.69) is 10.2 Å². The average molecular weight is 482 g/mol. The van der Waals surface area contributed by atoms with E-state index < -0.39 is 0 Å². The smallest absolute Gasteiger partial charge is 0.267 e. The van der Waals surface area contributed by atoms with Crippen molar-refractivity contribution in [1.29, 1.82) is 0 Å². The number of amidine groups is 1. The molecule has 1 saturated heterocycles. The van der Waals surface area contributed by atoms with Gasteiger partial charge in [0.25, 0.3) is 5.91 Å². The summed E-state index contributed by atoms with van der Waals surface area (Å²) in [5, 5.41) is 18.8. The number of benzene rings is 2. The number of nitrogens with zero attached hydrogens (tertiary/aromatic N) is 3. The molecule has 1 aromatic heterocycles. The maximum atomic E-state index is 13.2. The molecule has 0 aliphatic carbocycles. The van der Waals surface area contributed by atoms with Crippen molar-refractivity contribution in [3.05, 3.63) is 82.4 Å². The molecule has 0 radical (unpaired) electrons. The van der Waals surface area contributed by atoms with Crippen LogP contribution < -0.4 is 9.47 Å². The van der Waals surface area contributed by atoms with Crippen LogP contribution in [0.5, 0.6) is 17.2 Å². The number of ether oxygens (including phenoxy) is 2. The Morgan fingerprint density at radius 2 is 1.82 bits per heavy atom. The van der Waals surface area contributed by atoms with Gasteiger partial charge in [0.05, 0.1) is 38.1 Å². The number of rotatable bonds is 7. The standard InChI is InChI=1S/C24H20FN3O5S/c1-31-19-10-16(11-20(32-2)22(19)29)13-26-27-24-28(14-18-4-3-9-33-18)23(30)21(34-24)12-15-5-7-17(25)8-6-15/h3-13,29H,14H2,1-2H3/b21-12-,26-13-,27-24+. The molecule has 1 aliphatic heterocycles. The van der Waals surface area contributed by atoms with Crippen molar-refractivity contribution in [3.8, 4) is 17.2 Å². The number of aromatic hydroxyl groups is 1. The number of furan rings is 1. The first-order valence-electron chi connectivity index (χ1n) is 10.0. The summed E-state index contributed by atoms with van der Waals surface area (Å²) in [5.41, 5.74) is 1.26. The van der Waals surface area contributed by atoms with Crippen LogP contribution in [-0.4, -0.2) is 41.5 Å². The number of methoxy groups -OCH3 is 2. The highest BCUT2D eigenvalue weighted by Crippen LogP contribution is 2.37. The van der Waals surface area contributed by atoms with Crippen LogP contribution >= 0.6 is 11.8 Å². The van der Waals surface area contributed by atoms with Crippen LogP contribution in [0, 0.1) is 5.82 Å². The first-order chi connectivity index (χ1) is 16.5. The van der Waals surface area contributed by atoms with Crippen molar-refractivity contribution in [2.45, 2.75) is 6.54 Å². The Morgan fingerprint density at radius 3 is 2.44 bits per heavy atom. The van der Waals surface area contributed by atoms with Gasteiger partial charge in [0.1, 0.15) is 11.6 Å². The fraction of sp³-hybridized carbons (Fsp3) is 0.125. The number of carbonyl (C=O) groups is 1. The third-order valence-corrected chi connectivity index (χ3v) is 5.80. The van der Waals surface area contributed by atoms with Crippen molar-refractivity contribution in [1.82, 2.24) is 4.90 Å². The van der Waals surface area contributed by atoms with E-state index in [1.807, 2.05) is 0 Å². The van der Waals surface area contributed by atoms with Gasteiger partial charge < -0.3 is 19.0 Å². The zero-order chi connectivity index (χ0) is 24.1. The Morgan fingerprint density at radius 1 is 1.12 bits per heavy atom. The van der Waals surface area contributed by atoms with Crippen LogP contribution in [0.3, 0.4) is 0 Å². The lowest BCUT2D eigenvalue weighted by Crippen LogP contribution is -2.28. The molecule has 8 nitrogen and oxygen atoms in total. The number of hydrogen-bond acceptors (Lipinski definition) is 8. The second-order valence-corrected chi connectivity index (χ2v) is 8.04. The summed E-state index contributed by atoms with van der Waals surface area (Å²) < 4.78 is 28.9. The monoisotopic (exact) mass is 481 g/mol. The van der Waals surface area contributed by atoms with Gasteiger partial charge in [-0.1, -0.05) is 12.1 Å². The Hall–Kier alpha value is -4.05. The normalized spacial score (nSPS) is 16.2. The molecule has 10 heteroatoms. The molecule has 1 fully saturated rings. The Balaban J connectivity index is 1.63. The second-order valence-electron chi connectivity index (χ2n) is 7.03. The van der Waals surface area contributed by atoms with Crippen molar-refractivity contribution >= 4 is 35.1 Å². The maximum Gasteiger partial charge on any atom is 0.267 e. The zero-order valence-electron chi connectivity index (χ0n) is 18.3. The first-order valence-corrected chi connectivity index (χ1v) is 10.9. The number of phenolic OH excluding ortho intramolecular Hbond substituents is 1. The van der Waals surface area contributed by atoms with Gasteiger partial charge in [-0.25, -0.2) is 4.39 Å². The number of phenols is 1. The predicted octanol–water partition coefficient (Wildman–Crippen LogP) is 4.65. The van der Waals surface area contributed by atoms with E-state index in [0.717, 1.165) is 11.8 Å². The van der Waals surface area contributed by atoms with Crippen molar-refractivity contribution in [2.24, 2.45) is 10.2 Å². The molecular weight excluding hydrogens is 461 g/mol. The highest BCUT2D eigenvalue weighted by molar-refractivity contribution is 8.18. The highest BCUT2D eigenvalue weighted by atomic mass is 32.2.